The van der Waals surface area contributed by atoms with Crippen molar-refractivity contribution < 1.29 is 4.74 Å². The minimum absolute atomic E-state index is 0.826. The molecule has 0 aliphatic carbocycles. The fourth-order valence-electron chi connectivity index (χ4n) is 2.17. The molecule has 80 valence electrons. The van der Waals surface area contributed by atoms with Gasteiger partial charge in [0.25, 0.3) is 0 Å². The molecule has 0 amide bonds. The van der Waals surface area contributed by atoms with E-state index in [1.807, 2.05) is 0 Å². The van der Waals surface area contributed by atoms with Crippen molar-refractivity contribution in [2.24, 2.45) is 0 Å². The Morgan fingerprint density at radius 1 is 1.00 bits per heavy atom. The van der Waals surface area contributed by atoms with E-state index in [0.29, 0.717) is 0 Å². The van der Waals surface area contributed by atoms with Gasteiger partial charge < -0.3 is 4.74 Å². The second-order valence-corrected chi connectivity index (χ2v) is 4.29. The Kier molecular flexibility index (Phi) is 2.17. The SMILES string of the molecule is Cc1cccc(-c2ccc3c(c2)OCC3)c1. The first-order valence-electron chi connectivity index (χ1n) is 5.66. The first-order chi connectivity index (χ1) is 7.83. The van der Waals surface area contributed by atoms with Crippen molar-refractivity contribution >= 4 is 0 Å². The number of hydrogen-bond donors (Lipinski definition) is 0. The number of rotatable bonds is 1. The normalized spacial score (nSPS) is 13.3. The Morgan fingerprint density at radius 2 is 1.88 bits per heavy atom. The van der Waals surface area contributed by atoms with Crippen molar-refractivity contribution in [3.63, 3.8) is 0 Å². The van der Waals surface area contributed by atoms with Crippen molar-refractivity contribution in [2.45, 2.75) is 13.3 Å². The molecule has 0 unspecified atom stereocenters. The minimum Gasteiger partial charge on any atom is -0.493 e. The summed E-state index contributed by atoms with van der Waals surface area (Å²) in [6, 6.07) is 15.1. The predicted molar refractivity (Wildman–Crippen MR) is 65.8 cm³/mol. The maximum atomic E-state index is 5.59. The molecule has 1 nitrogen and oxygen atoms in total. The Balaban J connectivity index is 2.07. The van der Waals surface area contributed by atoms with E-state index >= 15 is 0 Å². The van der Waals surface area contributed by atoms with Gasteiger partial charge in [-0.1, -0.05) is 42.0 Å². The van der Waals surface area contributed by atoms with Crippen LogP contribution in [0.1, 0.15) is 11.1 Å². The van der Waals surface area contributed by atoms with E-state index in [4.69, 9.17) is 4.74 Å². The van der Waals surface area contributed by atoms with Crippen molar-refractivity contribution in [3.8, 4) is 16.9 Å². The van der Waals surface area contributed by atoms with Gasteiger partial charge in [-0.2, -0.15) is 0 Å². The lowest BCUT2D eigenvalue weighted by molar-refractivity contribution is 0.357. The van der Waals surface area contributed by atoms with Crippen LogP contribution in [0.25, 0.3) is 11.1 Å². The quantitative estimate of drug-likeness (QED) is 0.698. The lowest BCUT2D eigenvalue weighted by atomic mass is 10.0. The summed E-state index contributed by atoms with van der Waals surface area (Å²) in [4.78, 5) is 0. The second-order valence-electron chi connectivity index (χ2n) is 4.29. The molecular weight excluding hydrogens is 196 g/mol. The number of ether oxygens (including phenoxy) is 1. The molecule has 0 aromatic heterocycles. The molecule has 2 aromatic carbocycles. The molecule has 0 atom stereocenters. The van der Waals surface area contributed by atoms with Gasteiger partial charge in [0, 0.05) is 6.42 Å². The standard InChI is InChI=1S/C15H14O/c1-11-3-2-4-13(9-11)14-6-5-12-7-8-16-15(12)10-14/h2-6,9-10H,7-8H2,1H3. The van der Waals surface area contributed by atoms with E-state index in [-0.39, 0.29) is 0 Å². The molecule has 1 aliphatic heterocycles. The molecule has 1 aliphatic rings. The first kappa shape index (κ1) is 9.46. The van der Waals surface area contributed by atoms with Crippen LogP contribution in [0.5, 0.6) is 5.75 Å². The summed E-state index contributed by atoms with van der Waals surface area (Å²) in [6.45, 7) is 2.94. The molecule has 1 heteroatoms. The van der Waals surface area contributed by atoms with E-state index in [1.165, 1.54) is 22.3 Å². The summed E-state index contributed by atoms with van der Waals surface area (Å²) < 4.78 is 5.59. The van der Waals surface area contributed by atoms with Gasteiger partial charge in [-0.25, -0.2) is 0 Å². The van der Waals surface area contributed by atoms with Crippen LogP contribution in [-0.2, 0) is 6.42 Å². The maximum Gasteiger partial charge on any atom is 0.123 e. The molecular formula is C15H14O. The summed E-state index contributed by atoms with van der Waals surface area (Å²) >= 11 is 0. The molecule has 0 saturated carbocycles. The highest BCUT2D eigenvalue weighted by Crippen LogP contribution is 2.31. The lowest BCUT2D eigenvalue weighted by Gasteiger charge is -2.05. The van der Waals surface area contributed by atoms with Crippen LogP contribution >= 0.6 is 0 Å². The largest absolute Gasteiger partial charge is 0.493 e. The van der Waals surface area contributed by atoms with E-state index in [1.54, 1.807) is 0 Å². The monoisotopic (exact) mass is 210 g/mol. The van der Waals surface area contributed by atoms with Gasteiger partial charge >= 0.3 is 0 Å². The Morgan fingerprint density at radius 3 is 2.75 bits per heavy atom. The van der Waals surface area contributed by atoms with Crippen LogP contribution in [-0.4, -0.2) is 6.61 Å². The molecule has 1 heterocycles. The zero-order valence-corrected chi connectivity index (χ0v) is 9.36. The number of fused-ring (bicyclic) bond motifs is 1. The summed E-state index contributed by atoms with van der Waals surface area (Å²) in [7, 11) is 0. The Labute approximate surface area is 95.7 Å². The average molecular weight is 210 g/mol. The third-order valence-corrected chi connectivity index (χ3v) is 3.05. The molecule has 16 heavy (non-hydrogen) atoms. The molecule has 0 fully saturated rings. The van der Waals surface area contributed by atoms with Crippen LogP contribution in [0, 0.1) is 6.92 Å². The van der Waals surface area contributed by atoms with Crippen molar-refractivity contribution in [2.75, 3.05) is 6.61 Å². The topological polar surface area (TPSA) is 9.23 Å². The summed E-state index contributed by atoms with van der Waals surface area (Å²) in [5.41, 5.74) is 5.12. The highest BCUT2D eigenvalue weighted by atomic mass is 16.5. The smallest absolute Gasteiger partial charge is 0.123 e. The summed E-state index contributed by atoms with van der Waals surface area (Å²) in [5, 5.41) is 0. The van der Waals surface area contributed by atoms with Crippen LogP contribution in [0.4, 0.5) is 0 Å². The molecule has 0 saturated heterocycles. The maximum absolute atomic E-state index is 5.59. The third-order valence-electron chi connectivity index (χ3n) is 3.05. The van der Waals surface area contributed by atoms with Crippen molar-refractivity contribution in [3.05, 3.63) is 53.6 Å². The molecule has 0 N–H and O–H groups in total. The van der Waals surface area contributed by atoms with Crippen LogP contribution in [0.2, 0.25) is 0 Å². The fourth-order valence-corrected chi connectivity index (χ4v) is 2.17. The molecule has 0 radical (unpaired) electrons. The average Bonchev–Trinajstić information content (AvgIpc) is 2.75. The van der Waals surface area contributed by atoms with Gasteiger partial charge in [0.2, 0.25) is 0 Å². The highest BCUT2D eigenvalue weighted by molar-refractivity contribution is 5.67. The molecule has 3 rings (SSSR count). The molecule has 0 spiro atoms. The van der Waals surface area contributed by atoms with Gasteiger partial charge in [-0.05, 0) is 29.7 Å². The van der Waals surface area contributed by atoms with Crippen LogP contribution in [0.3, 0.4) is 0 Å². The third kappa shape index (κ3) is 1.58. The van der Waals surface area contributed by atoms with Gasteiger partial charge in [-0.15, -0.1) is 0 Å². The lowest BCUT2D eigenvalue weighted by Crippen LogP contribution is -1.86. The summed E-state index contributed by atoms with van der Waals surface area (Å²) in [6.07, 6.45) is 1.05. The van der Waals surface area contributed by atoms with Gasteiger partial charge in [0.15, 0.2) is 0 Å². The fraction of sp³-hybridized carbons (Fsp3) is 0.200. The van der Waals surface area contributed by atoms with E-state index in [0.717, 1.165) is 18.8 Å². The number of benzene rings is 2. The number of aryl methyl sites for hydroxylation is 1. The minimum atomic E-state index is 0.826. The first-order valence-corrected chi connectivity index (χ1v) is 5.66. The van der Waals surface area contributed by atoms with Gasteiger partial charge in [0.05, 0.1) is 6.61 Å². The predicted octanol–water partition coefficient (Wildman–Crippen LogP) is 3.60. The van der Waals surface area contributed by atoms with Crippen molar-refractivity contribution in [1.29, 1.82) is 0 Å². The molecule has 0 bridgehead atoms. The number of hydrogen-bond acceptors (Lipinski definition) is 1. The van der Waals surface area contributed by atoms with Crippen molar-refractivity contribution in [1.82, 2.24) is 0 Å². The second kappa shape index (κ2) is 3.67. The highest BCUT2D eigenvalue weighted by Gasteiger charge is 2.12. The van der Waals surface area contributed by atoms with E-state index < -0.39 is 0 Å². The summed E-state index contributed by atoms with van der Waals surface area (Å²) in [5.74, 6) is 1.05. The van der Waals surface area contributed by atoms with Crippen LogP contribution < -0.4 is 4.74 Å². The molecule has 2 aromatic rings. The van der Waals surface area contributed by atoms with Gasteiger partial charge in [-0.3, -0.25) is 0 Å². The zero-order valence-electron chi connectivity index (χ0n) is 9.36. The van der Waals surface area contributed by atoms with Crippen LogP contribution in [0.15, 0.2) is 42.5 Å². The zero-order chi connectivity index (χ0) is 11.0. The van der Waals surface area contributed by atoms with Gasteiger partial charge in [0.1, 0.15) is 5.75 Å². The van der Waals surface area contributed by atoms with E-state index in [9.17, 15) is 0 Å². The Bertz CT molecular complexity index is 529. The van der Waals surface area contributed by atoms with E-state index in [2.05, 4.69) is 49.4 Å². The Hall–Kier alpha value is -1.76.